The lowest BCUT2D eigenvalue weighted by Gasteiger charge is -2.04. The number of carbonyl (C=O) groups is 1. The van der Waals surface area contributed by atoms with Crippen LogP contribution in [0.4, 0.5) is 0 Å². The molecule has 0 aliphatic carbocycles. The molecule has 166 valence electrons. The average molecular weight is 404 g/mol. The van der Waals surface area contributed by atoms with Crippen molar-refractivity contribution in [3.8, 4) is 0 Å². The lowest BCUT2D eigenvalue weighted by molar-refractivity contribution is -0.121. The summed E-state index contributed by atoms with van der Waals surface area (Å²) in [6, 6.07) is 0. The first-order chi connectivity index (χ1) is 14.3. The Morgan fingerprint density at radius 2 is 1.24 bits per heavy atom. The number of aliphatic hydroxyl groups excluding tert-OH is 1. The van der Waals surface area contributed by atoms with Crippen molar-refractivity contribution in [3.05, 3.63) is 48.6 Å². The SMILES string of the molecule is CCCCC/C=C\C/C=C\C/C=C\C/C=C\CCCC(=O)NCCCCCCO. The van der Waals surface area contributed by atoms with Crippen molar-refractivity contribution >= 4 is 5.91 Å². The molecule has 0 aliphatic heterocycles. The minimum Gasteiger partial charge on any atom is -0.396 e. The maximum absolute atomic E-state index is 11.7. The van der Waals surface area contributed by atoms with Gasteiger partial charge in [-0.05, 0) is 57.8 Å². The van der Waals surface area contributed by atoms with Gasteiger partial charge in [-0.25, -0.2) is 0 Å². The predicted octanol–water partition coefficient (Wildman–Crippen LogP) is 6.80. The van der Waals surface area contributed by atoms with Crippen LogP contribution in [0, 0.1) is 0 Å². The van der Waals surface area contributed by atoms with Crippen LogP contribution < -0.4 is 5.32 Å². The lowest BCUT2D eigenvalue weighted by Crippen LogP contribution is -2.23. The van der Waals surface area contributed by atoms with Gasteiger partial charge in [0.25, 0.3) is 0 Å². The number of hydrogen-bond acceptors (Lipinski definition) is 2. The molecule has 0 atom stereocenters. The number of aliphatic hydroxyl groups is 1. The Labute approximate surface area is 180 Å². The highest BCUT2D eigenvalue weighted by Crippen LogP contribution is 2.02. The van der Waals surface area contributed by atoms with Gasteiger partial charge in [0.2, 0.25) is 5.91 Å². The van der Waals surface area contributed by atoms with Crippen LogP contribution in [0.5, 0.6) is 0 Å². The summed E-state index contributed by atoms with van der Waals surface area (Å²) in [6.45, 7) is 3.27. The zero-order valence-electron chi connectivity index (χ0n) is 18.8. The molecule has 0 unspecified atom stereocenters. The molecule has 29 heavy (non-hydrogen) atoms. The molecule has 1 amide bonds. The van der Waals surface area contributed by atoms with Gasteiger partial charge in [0, 0.05) is 19.6 Å². The third-order valence-electron chi connectivity index (χ3n) is 4.64. The van der Waals surface area contributed by atoms with Gasteiger partial charge in [-0.3, -0.25) is 4.79 Å². The molecule has 0 radical (unpaired) electrons. The van der Waals surface area contributed by atoms with E-state index in [9.17, 15) is 4.79 Å². The first kappa shape index (κ1) is 27.4. The first-order valence-electron chi connectivity index (χ1n) is 11.8. The molecule has 0 aliphatic rings. The third-order valence-corrected chi connectivity index (χ3v) is 4.64. The van der Waals surface area contributed by atoms with Gasteiger partial charge in [0.05, 0.1) is 0 Å². The van der Waals surface area contributed by atoms with Gasteiger partial charge in [0.15, 0.2) is 0 Å². The largest absolute Gasteiger partial charge is 0.396 e. The van der Waals surface area contributed by atoms with E-state index >= 15 is 0 Å². The first-order valence-corrected chi connectivity index (χ1v) is 11.8. The normalized spacial score (nSPS) is 12.2. The number of amides is 1. The summed E-state index contributed by atoms with van der Waals surface area (Å²) in [5.74, 6) is 0.156. The van der Waals surface area contributed by atoms with E-state index in [0.717, 1.165) is 64.3 Å². The molecule has 0 rings (SSSR count). The Balaban J connectivity index is 3.43. The van der Waals surface area contributed by atoms with Crippen molar-refractivity contribution < 1.29 is 9.90 Å². The maximum atomic E-state index is 11.7. The molecule has 2 N–H and O–H groups in total. The van der Waals surface area contributed by atoms with Crippen LogP contribution in [0.25, 0.3) is 0 Å². The second kappa shape index (κ2) is 24.4. The molecule has 0 saturated heterocycles. The Kier molecular flexibility index (Phi) is 23.1. The number of hydrogen-bond donors (Lipinski definition) is 2. The van der Waals surface area contributed by atoms with E-state index in [2.05, 4.69) is 60.8 Å². The van der Waals surface area contributed by atoms with Crippen LogP contribution >= 0.6 is 0 Å². The molecular weight excluding hydrogens is 358 g/mol. The van der Waals surface area contributed by atoms with Crippen molar-refractivity contribution in [1.82, 2.24) is 5.32 Å². The molecular formula is C26H45NO2. The number of unbranched alkanes of at least 4 members (excludes halogenated alkanes) is 7. The summed E-state index contributed by atoms with van der Waals surface area (Å²) in [5.41, 5.74) is 0. The Morgan fingerprint density at radius 3 is 1.83 bits per heavy atom. The molecule has 3 heteroatoms. The van der Waals surface area contributed by atoms with Gasteiger partial charge in [-0.2, -0.15) is 0 Å². The monoisotopic (exact) mass is 403 g/mol. The molecule has 0 aromatic rings. The van der Waals surface area contributed by atoms with Crippen LogP contribution in [-0.4, -0.2) is 24.2 Å². The summed E-state index contributed by atoms with van der Waals surface area (Å²) in [7, 11) is 0. The molecule has 0 saturated carbocycles. The van der Waals surface area contributed by atoms with Crippen molar-refractivity contribution in [1.29, 1.82) is 0 Å². The van der Waals surface area contributed by atoms with Crippen LogP contribution in [0.3, 0.4) is 0 Å². The summed E-state index contributed by atoms with van der Waals surface area (Å²) in [4.78, 5) is 11.7. The molecule has 0 fully saturated rings. The van der Waals surface area contributed by atoms with Crippen LogP contribution in [0.2, 0.25) is 0 Å². The van der Waals surface area contributed by atoms with Crippen LogP contribution in [-0.2, 0) is 4.79 Å². The lowest BCUT2D eigenvalue weighted by atomic mass is 10.2. The topological polar surface area (TPSA) is 49.3 Å². The number of allylic oxidation sites excluding steroid dienone is 8. The average Bonchev–Trinajstić information content (AvgIpc) is 2.73. The fraction of sp³-hybridized carbons (Fsp3) is 0.654. The second-order valence-corrected chi connectivity index (χ2v) is 7.47. The highest BCUT2D eigenvalue weighted by Gasteiger charge is 1.99. The van der Waals surface area contributed by atoms with E-state index < -0.39 is 0 Å². The predicted molar refractivity (Wildman–Crippen MR) is 127 cm³/mol. The fourth-order valence-corrected chi connectivity index (χ4v) is 2.85. The van der Waals surface area contributed by atoms with Gasteiger partial charge in [0.1, 0.15) is 0 Å². The molecule has 0 heterocycles. The number of carbonyl (C=O) groups excluding carboxylic acids is 1. The molecule has 0 aromatic heterocycles. The van der Waals surface area contributed by atoms with E-state index in [1.165, 1.54) is 25.7 Å². The third kappa shape index (κ3) is 24.4. The Morgan fingerprint density at radius 1 is 0.690 bits per heavy atom. The van der Waals surface area contributed by atoms with Crippen molar-refractivity contribution in [2.24, 2.45) is 0 Å². The maximum Gasteiger partial charge on any atom is 0.220 e. The summed E-state index contributed by atoms with van der Waals surface area (Å²) in [6.07, 6.45) is 32.4. The van der Waals surface area contributed by atoms with E-state index in [1.807, 2.05) is 0 Å². The minimum atomic E-state index is 0.156. The minimum absolute atomic E-state index is 0.156. The van der Waals surface area contributed by atoms with E-state index in [4.69, 9.17) is 5.11 Å². The standard InChI is InChI=1S/C26H45NO2/c1-2-3-4-5-6-7-8-9-10-11-12-13-14-15-16-17-20-23-26(29)27-24-21-18-19-22-25-28/h6-7,9-10,12-13,15-16,28H,2-5,8,11,14,17-25H2,1H3,(H,27,29)/b7-6-,10-9-,13-12-,16-15-. The van der Waals surface area contributed by atoms with Crippen molar-refractivity contribution in [3.63, 3.8) is 0 Å². The summed E-state index contributed by atoms with van der Waals surface area (Å²) >= 11 is 0. The summed E-state index contributed by atoms with van der Waals surface area (Å²) in [5, 5.41) is 11.7. The smallest absolute Gasteiger partial charge is 0.220 e. The number of nitrogens with one attached hydrogen (secondary N) is 1. The highest BCUT2D eigenvalue weighted by molar-refractivity contribution is 5.75. The Hall–Kier alpha value is -1.61. The molecule has 0 aromatic carbocycles. The summed E-state index contributed by atoms with van der Waals surface area (Å²) < 4.78 is 0. The zero-order valence-corrected chi connectivity index (χ0v) is 18.8. The second-order valence-electron chi connectivity index (χ2n) is 7.47. The number of rotatable bonds is 20. The van der Waals surface area contributed by atoms with Gasteiger partial charge >= 0.3 is 0 Å². The Bertz CT molecular complexity index is 463. The van der Waals surface area contributed by atoms with Crippen molar-refractivity contribution in [2.75, 3.05) is 13.2 Å². The van der Waals surface area contributed by atoms with Gasteiger partial charge in [-0.1, -0.05) is 81.2 Å². The van der Waals surface area contributed by atoms with Gasteiger partial charge < -0.3 is 10.4 Å². The molecule has 0 spiro atoms. The molecule has 3 nitrogen and oxygen atoms in total. The van der Waals surface area contributed by atoms with E-state index in [1.54, 1.807) is 0 Å². The fourth-order valence-electron chi connectivity index (χ4n) is 2.85. The van der Waals surface area contributed by atoms with E-state index in [-0.39, 0.29) is 12.5 Å². The molecule has 0 bridgehead atoms. The zero-order chi connectivity index (χ0) is 21.3. The van der Waals surface area contributed by atoms with E-state index in [0.29, 0.717) is 6.42 Å². The quantitative estimate of drug-likeness (QED) is 0.173. The van der Waals surface area contributed by atoms with Gasteiger partial charge in [-0.15, -0.1) is 0 Å². The van der Waals surface area contributed by atoms with Crippen LogP contribution in [0.15, 0.2) is 48.6 Å². The highest BCUT2D eigenvalue weighted by atomic mass is 16.2. The van der Waals surface area contributed by atoms with Crippen LogP contribution in [0.1, 0.15) is 96.8 Å². The van der Waals surface area contributed by atoms with Crippen molar-refractivity contribution in [2.45, 2.75) is 96.8 Å².